The minimum Gasteiger partial charge on any atom is -0.496 e. The Hall–Kier alpha value is -2.86. The van der Waals surface area contributed by atoms with E-state index in [1.165, 1.54) is 14.0 Å². The van der Waals surface area contributed by atoms with Gasteiger partial charge in [-0.25, -0.2) is 0 Å². The highest BCUT2D eigenvalue weighted by Gasteiger charge is 2.15. The fourth-order valence-electron chi connectivity index (χ4n) is 2.63. The number of hydrogen-bond acceptors (Lipinski definition) is 5. The topological polar surface area (TPSA) is 81.7 Å². The fourth-order valence-corrected chi connectivity index (χ4v) is 2.83. The minimum atomic E-state index is -0.593. The van der Waals surface area contributed by atoms with E-state index in [9.17, 15) is 14.4 Å². The predicted molar refractivity (Wildman–Crippen MR) is 106 cm³/mol. The molecule has 28 heavy (non-hydrogen) atoms. The zero-order valence-corrected chi connectivity index (χ0v) is 16.7. The first-order valence-corrected chi connectivity index (χ1v) is 9.06. The SMILES string of the molecule is COc1ccc(C(C)=O)cc1CC(=O)OCC(=O)N[C@H](C)c1cccc(Cl)c1. The molecule has 2 aromatic rings. The van der Waals surface area contributed by atoms with Gasteiger partial charge in [-0.2, -0.15) is 0 Å². The molecule has 0 aliphatic carbocycles. The molecule has 0 unspecified atom stereocenters. The predicted octanol–water partition coefficient (Wildman–Crippen LogP) is 3.51. The second kappa shape index (κ2) is 9.90. The molecule has 0 heterocycles. The zero-order valence-electron chi connectivity index (χ0n) is 16.0. The van der Waals surface area contributed by atoms with Crippen LogP contribution in [0.15, 0.2) is 42.5 Å². The summed E-state index contributed by atoms with van der Waals surface area (Å²) < 4.78 is 10.3. The molecule has 0 saturated carbocycles. The summed E-state index contributed by atoms with van der Waals surface area (Å²) in [6.45, 7) is 2.84. The van der Waals surface area contributed by atoms with Gasteiger partial charge in [0.2, 0.25) is 0 Å². The van der Waals surface area contributed by atoms with Crippen LogP contribution >= 0.6 is 11.6 Å². The first kappa shape index (κ1) is 21.4. The van der Waals surface area contributed by atoms with Crippen molar-refractivity contribution >= 4 is 29.3 Å². The standard InChI is InChI=1S/C21H22ClNO5/c1-13(15-5-4-6-18(22)10-15)23-20(25)12-28-21(26)11-17-9-16(14(2)24)7-8-19(17)27-3/h4-10,13H,11-12H2,1-3H3,(H,23,25)/t13-/m1/s1. The molecular weight excluding hydrogens is 382 g/mol. The molecule has 1 amide bonds. The van der Waals surface area contributed by atoms with Gasteiger partial charge in [0.05, 0.1) is 19.6 Å². The number of rotatable bonds is 8. The van der Waals surface area contributed by atoms with E-state index in [-0.39, 0.29) is 18.2 Å². The number of benzene rings is 2. The monoisotopic (exact) mass is 403 g/mol. The second-order valence-corrected chi connectivity index (χ2v) is 6.70. The highest BCUT2D eigenvalue weighted by molar-refractivity contribution is 6.30. The number of ketones is 1. The molecule has 2 rings (SSSR count). The Morgan fingerprint density at radius 1 is 1.14 bits per heavy atom. The lowest BCUT2D eigenvalue weighted by molar-refractivity contribution is -0.148. The Labute approximate surface area is 168 Å². The quantitative estimate of drug-likeness (QED) is 0.538. The summed E-state index contributed by atoms with van der Waals surface area (Å²) in [5.74, 6) is -0.664. The van der Waals surface area contributed by atoms with Crippen LogP contribution in [0.4, 0.5) is 0 Å². The van der Waals surface area contributed by atoms with Crippen LogP contribution in [-0.2, 0) is 20.7 Å². The smallest absolute Gasteiger partial charge is 0.310 e. The van der Waals surface area contributed by atoms with Crippen LogP contribution in [0.1, 0.15) is 41.4 Å². The van der Waals surface area contributed by atoms with Crippen LogP contribution < -0.4 is 10.1 Å². The first-order chi connectivity index (χ1) is 13.3. The maximum absolute atomic E-state index is 12.1. The minimum absolute atomic E-state index is 0.110. The van der Waals surface area contributed by atoms with Crippen molar-refractivity contribution in [1.82, 2.24) is 5.32 Å². The molecule has 0 aliphatic rings. The van der Waals surface area contributed by atoms with Crippen molar-refractivity contribution in [3.8, 4) is 5.75 Å². The highest BCUT2D eigenvalue weighted by Crippen LogP contribution is 2.21. The van der Waals surface area contributed by atoms with Crippen molar-refractivity contribution in [2.24, 2.45) is 0 Å². The molecule has 1 N–H and O–H groups in total. The summed E-state index contributed by atoms with van der Waals surface area (Å²) in [6.07, 6.45) is -0.110. The van der Waals surface area contributed by atoms with Crippen molar-refractivity contribution < 1.29 is 23.9 Å². The lowest BCUT2D eigenvalue weighted by Crippen LogP contribution is -2.31. The van der Waals surface area contributed by atoms with Gasteiger partial charge in [-0.15, -0.1) is 0 Å². The molecule has 0 bridgehead atoms. The highest BCUT2D eigenvalue weighted by atomic mass is 35.5. The number of esters is 1. The number of halogens is 1. The molecule has 0 aliphatic heterocycles. The van der Waals surface area contributed by atoms with Crippen LogP contribution in [0.2, 0.25) is 5.02 Å². The molecule has 1 atom stereocenters. The number of ether oxygens (including phenoxy) is 2. The van der Waals surface area contributed by atoms with E-state index in [0.717, 1.165) is 5.56 Å². The number of hydrogen-bond donors (Lipinski definition) is 1. The van der Waals surface area contributed by atoms with Gasteiger partial charge < -0.3 is 14.8 Å². The third kappa shape index (κ3) is 6.09. The molecule has 148 valence electrons. The fraction of sp³-hybridized carbons (Fsp3) is 0.286. The third-order valence-electron chi connectivity index (χ3n) is 4.11. The van der Waals surface area contributed by atoms with Crippen LogP contribution in [0.3, 0.4) is 0 Å². The Balaban J connectivity index is 1.91. The van der Waals surface area contributed by atoms with Crippen molar-refractivity contribution in [3.63, 3.8) is 0 Å². The van der Waals surface area contributed by atoms with Gasteiger partial charge in [0.15, 0.2) is 12.4 Å². The normalized spacial score (nSPS) is 11.4. The van der Waals surface area contributed by atoms with E-state index >= 15 is 0 Å². The summed E-state index contributed by atoms with van der Waals surface area (Å²) >= 11 is 5.95. The number of nitrogens with one attached hydrogen (secondary N) is 1. The van der Waals surface area contributed by atoms with E-state index in [4.69, 9.17) is 21.1 Å². The molecule has 0 radical (unpaired) electrons. The van der Waals surface area contributed by atoms with Gasteiger partial charge in [-0.3, -0.25) is 14.4 Å². The van der Waals surface area contributed by atoms with Crippen molar-refractivity contribution in [2.75, 3.05) is 13.7 Å². The molecule has 2 aromatic carbocycles. The third-order valence-corrected chi connectivity index (χ3v) is 4.35. The zero-order chi connectivity index (χ0) is 20.7. The second-order valence-electron chi connectivity index (χ2n) is 6.26. The Morgan fingerprint density at radius 2 is 1.89 bits per heavy atom. The van der Waals surface area contributed by atoms with Crippen LogP contribution in [0.25, 0.3) is 0 Å². The molecule has 0 fully saturated rings. The van der Waals surface area contributed by atoms with Gasteiger partial charge in [0.1, 0.15) is 5.75 Å². The van der Waals surface area contributed by atoms with Crippen molar-refractivity contribution in [2.45, 2.75) is 26.3 Å². The first-order valence-electron chi connectivity index (χ1n) is 8.68. The largest absolute Gasteiger partial charge is 0.496 e. The molecule has 7 heteroatoms. The summed E-state index contributed by atoms with van der Waals surface area (Å²) in [6, 6.07) is 11.7. The van der Waals surface area contributed by atoms with Gasteiger partial charge >= 0.3 is 5.97 Å². The number of carbonyl (C=O) groups excluding carboxylic acids is 3. The van der Waals surface area contributed by atoms with E-state index in [1.807, 2.05) is 13.0 Å². The van der Waals surface area contributed by atoms with Crippen molar-refractivity contribution in [1.29, 1.82) is 0 Å². The number of Topliss-reactive ketones (excluding diaryl/α,β-unsaturated/α-hetero) is 1. The molecule has 6 nitrogen and oxygen atoms in total. The van der Waals surface area contributed by atoms with Crippen molar-refractivity contribution in [3.05, 3.63) is 64.2 Å². The van der Waals surface area contributed by atoms with Gasteiger partial charge in [0.25, 0.3) is 5.91 Å². The van der Waals surface area contributed by atoms with Gasteiger partial charge in [0, 0.05) is 16.1 Å². The van der Waals surface area contributed by atoms with E-state index in [1.54, 1.807) is 36.4 Å². The van der Waals surface area contributed by atoms with Gasteiger partial charge in [-0.1, -0.05) is 23.7 Å². The van der Waals surface area contributed by atoms with Crippen LogP contribution in [0.5, 0.6) is 5.75 Å². The number of carbonyl (C=O) groups is 3. The summed E-state index contributed by atoms with van der Waals surface area (Å²) in [4.78, 5) is 35.7. The molecule has 0 spiro atoms. The Bertz CT molecular complexity index is 881. The lowest BCUT2D eigenvalue weighted by Gasteiger charge is -2.15. The maximum Gasteiger partial charge on any atom is 0.310 e. The molecular formula is C21H22ClNO5. The average Bonchev–Trinajstić information content (AvgIpc) is 2.66. The van der Waals surface area contributed by atoms with E-state index in [2.05, 4.69) is 5.32 Å². The van der Waals surface area contributed by atoms with Crippen LogP contribution in [-0.4, -0.2) is 31.4 Å². The number of amides is 1. The summed E-state index contributed by atoms with van der Waals surface area (Å²) in [5.41, 5.74) is 1.84. The average molecular weight is 404 g/mol. The number of methoxy groups -OCH3 is 1. The maximum atomic E-state index is 12.1. The summed E-state index contributed by atoms with van der Waals surface area (Å²) in [7, 11) is 1.47. The molecule has 0 aromatic heterocycles. The van der Waals surface area contributed by atoms with Gasteiger partial charge in [-0.05, 0) is 49.7 Å². The summed E-state index contributed by atoms with van der Waals surface area (Å²) in [5, 5.41) is 3.32. The Kier molecular flexibility index (Phi) is 7.58. The Morgan fingerprint density at radius 3 is 2.54 bits per heavy atom. The van der Waals surface area contributed by atoms with E-state index in [0.29, 0.717) is 21.9 Å². The van der Waals surface area contributed by atoms with Crippen LogP contribution in [0, 0.1) is 0 Å². The lowest BCUT2D eigenvalue weighted by atomic mass is 10.0. The van der Waals surface area contributed by atoms with E-state index < -0.39 is 18.5 Å². The molecule has 0 saturated heterocycles.